The molecule has 1 saturated heterocycles. The van der Waals surface area contributed by atoms with Crippen molar-refractivity contribution < 1.29 is 9.53 Å². The van der Waals surface area contributed by atoms with Crippen LogP contribution in [0, 0.1) is 0 Å². The number of fused-ring (bicyclic) bond motifs is 1. The summed E-state index contributed by atoms with van der Waals surface area (Å²) in [6.45, 7) is 2.64. The lowest BCUT2D eigenvalue weighted by Crippen LogP contribution is -2.24. The van der Waals surface area contributed by atoms with Crippen LogP contribution in [0.1, 0.15) is 29.8 Å². The van der Waals surface area contributed by atoms with E-state index in [0.29, 0.717) is 11.3 Å². The molecule has 0 saturated carbocycles. The van der Waals surface area contributed by atoms with Gasteiger partial charge in [-0.1, -0.05) is 36.8 Å². The molecule has 32 heavy (non-hydrogen) atoms. The summed E-state index contributed by atoms with van der Waals surface area (Å²) >= 11 is 0. The molecule has 3 heterocycles. The molecule has 164 valence electrons. The highest BCUT2D eigenvalue weighted by Gasteiger charge is 2.12. The van der Waals surface area contributed by atoms with E-state index >= 15 is 0 Å². The van der Waals surface area contributed by atoms with E-state index in [2.05, 4.69) is 22.0 Å². The monoisotopic (exact) mass is 428 g/mol. The predicted octanol–water partition coefficient (Wildman–Crippen LogP) is 4.99. The Morgan fingerprint density at radius 2 is 1.62 bits per heavy atom. The van der Waals surface area contributed by atoms with Gasteiger partial charge in [0.15, 0.2) is 11.9 Å². The van der Waals surface area contributed by atoms with Gasteiger partial charge >= 0.3 is 0 Å². The Bertz CT molecular complexity index is 1160. The van der Waals surface area contributed by atoms with Gasteiger partial charge in [-0.3, -0.25) is 4.79 Å². The first-order valence-corrected chi connectivity index (χ1v) is 10.9. The second-order valence-electron chi connectivity index (χ2n) is 7.94. The molecular formula is C26H28N4O2. The van der Waals surface area contributed by atoms with Gasteiger partial charge in [0.25, 0.3) is 0 Å². The van der Waals surface area contributed by atoms with Crippen LogP contribution in [0.5, 0.6) is 5.75 Å². The van der Waals surface area contributed by atoms with Crippen molar-refractivity contribution in [1.82, 2.24) is 19.5 Å². The summed E-state index contributed by atoms with van der Waals surface area (Å²) < 4.78 is 6.91. The lowest BCUT2D eigenvalue weighted by molar-refractivity contribution is 0.111. The highest BCUT2D eigenvalue weighted by Crippen LogP contribution is 2.27. The number of aromatic nitrogens is 3. The quantitative estimate of drug-likeness (QED) is 0.429. The molecule has 2 aromatic heterocycles. The Morgan fingerprint density at radius 1 is 0.906 bits per heavy atom. The Balaban J connectivity index is 0.000000300. The molecule has 5 rings (SSSR count). The molecular weight excluding hydrogens is 400 g/mol. The van der Waals surface area contributed by atoms with E-state index in [9.17, 15) is 4.79 Å². The van der Waals surface area contributed by atoms with Crippen LogP contribution in [-0.4, -0.2) is 53.0 Å². The third-order valence-corrected chi connectivity index (χ3v) is 5.60. The molecule has 0 amide bonds. The van der Waals surface area contributed by atoms with E-state index in [0.717, 1.165) is 34.6 Å². The maximum atomic E-state index is 11.1. The van der Waals surface area contributed by atoms with Crippen molar-refractivity contribution in [2.24, 2.45) is 0 Å². The number of likely N-dealkylation sites (tertiary alicyclic amines) is 1. The molecule has 4 aromatic rings. The number of ether oxygens (including phenoxy) is 1. The number of carbonyl (C=O) groups is 1. The van der Waals surface area contributed by atoms with E-state index < -0.39 is 0 Å². The summed E-state index contributed by atoms with van der Waals surface area (Å²) in [7, 11) is 3.83. The van der Waals surface area contributed by atoms with E-state index in [1.807, 2.05) is 60.7 Å². The number of hydrogen-bond acceptors (Lipinski definition) is 5. The number of carbonyl (C=O) groups excluding carboxylic acids is 1. The molecule has 0 N–H and O–H groups in total. The van der Waals surface area contributed by atoms with Gasteiger partial charge in [-0.15, -0.1) is 0 Å². The molecule has 6 nitrogen and oxygen atoms in total. The average Bonchev–Trinajstić information content (AvgIpc) is 3.28. The van der Waals surface area contributed by atoms with Gasteiger partial charge in [-0.2, -0.15) is 5.10 Å². The van der Waals surface area contributed by atoms with Gasteiger partial charge in [0.05, 0.1) is 18.5 Å². The molecule has 2 aromatic carbocycles. The molecule has 0 aliphatic carbocycles. The fraction of sp³-hybridized carbons (Fsp3) is 0.269. The van der Waals surface area contributed by atoms with Crippen LogP contribution in [0.3, 0.4) is 0 Å². The molecule has 0 atom stereocenters. The van der Waals surface area contributed by atoms with Crippen molar-refractivity contribution in [2.75, 3.05) is 27.2 Å². The molecule has 0 bridgehead atoms. The number of benzene rings is 2. The summed E-state index contributed by atoms with van der Waals surface area (Å²) in [5.41, 5.74) is 4.65. The molecule has 0 unspecified atom stereocenters. The first kappa shape index (κ1) is 21.7. The topological polar surface area (TPSA) is 59.7 Å². The highest BCUT2D eigenvalue weighted by atomic mass is 16.5. The maximum absolute atomic E-state index is 11.1. The van der Waals surface area contributed by atoms with Crippen LogP contribution in [-0.2, 0) is 0 Å². The smallest absolute Gasteiger partial charge is 0.170 e. The van der Waals surface area contributed by atoms with Crippen molar-refractivity contribution in [3.8, 4) is 28.3 Å². The Morgan fingerprint density at radius 3 is 2.22 bits per heavy atom. The van der Waals surface area contributed by atoms with E-state index in [1.165, 1.54) is 32.4 Å². The van der Waals surface area contributed by atoms with E-state index in [-0.39, 0.29) is 0 Å². The predicted molar refractivity (Wildman–Crippen MR) is 127 cm³/mol. The minimum absolute atomic E-state index is 0.358. The Hall–Kier alpha value is -3.51. The fourth-order valence-electron chi connectivity index (χ4n) is 3.83. The van der Waals surface area contributed by atoms with Crippen molar-refractivity contribution in [3.05, 3.63) is 72.4 Å². The summed E-state index contributed by atoms with van der Waals surface area (Å²) in [6, 6.07) is 21.3. The van der Waals surface area contributed by atoms with Crippen molar-refractivity contribution in [1.29, 1.82) is 0 Å². The summed E-state index contributed by atoms with van der Waals surface area (Å²) in [4.78, 5) is 18.2. The van der Waals surface area contributed by atoms with E-state index in [4.69, 9.17) is 4.74 Å². The third-order valence-electron chi connectivity index (χ3n) is 5.60. The second kappa shape index (κ2) is 10.2. The van der Waals surface area contributed by atoms with Gasteiger partial charge < -0.3 is 9.64 Å². The van der Waals surface area contributed by atoms with Crippen LogP contribution >= 0.6 is 0 Å². The maximum Gasteiger partial charge on any atom is 0.170 e. The van der Waals surface area contributed by atoms with Crippen molar-refractivity contribution in [2.45, 2.75) is 19.3 Å². The molecule has 1 aliphatic rings. The minimum atomic E-state index is 0.358. The zero-order valence-corrected chi connectivity index (χ0v) is 18.6. The van der Waals surface area contributed by atoms with Gasteiger partial charge in [0.2, 0.25) is 0 Å². The fourth-order valence-corrected chi connectivity index (χ4v) is 3.83. The average molecular weight is 429 g/mol. The first-order valence-electron chi connectivity index (χ1n) is 10.9. The number of methoxy groups -OCH3 is 1. The van der Waals surface area contributed by atoms with Crippen molar-refractivity contribution >= 4 is 11.9 Å². The number of nitrogens with zero attached hydrogens (tertiary/aromatic N) is 4. The Labute approximate surface area is 188 Å². The summed E-state index contributed by atoms with van der Waals surface area (Å²) in [5.74, 6) is 0.792. The van der Waals surface area contributed by atoms with Crippen LogP contribution in [0.2, 0.25) is 0 Å². The molecule has 1 fully saturated rings. The van der Waals surface area contributed by atoms with Crippen LogP contribution < -0.4 is 4.74 Å². The molecule has 1 aliphatic heterocycles. The summed E-state index contributed by atoms with van der Waals surface area (Å²) in [6.07, 6.45) is 5.01. The normalized spacial score (nSPS) is 13.9. The van der Waals surface area contributed by atoms with Crippen LogP contribution in [0.15, 0.2) is 66.7 Å². The number of hydrogen-bond donors (Lipinski definition) is 0. The highest BCUT2D eigenvalue weighted by molar-refractivity contribution is 5.77. The SMILES string of the molecule is CN1CCCCC1.COc1ccc(-c2cc(-c3ccccc3)n3nc(C=O)cc3n2)cc1. The zero-order chi connectivity index (χ0) is 22.3. The molecule has 0 radical (unpaired) electrons. The lowest BCUT2D eigenvalue weighted by atomic mass is 10.1. The third kappa shape index (κ3) is 5.03. The minimum Gasteiger partial charge on any atom is -0.497 e. The standard InChI is InChI=1S/C20H15N3O2.C6H13N/c1-25-17-9-7-14(8-10-17)18-12-19(15-5-3-2-4-6-15)23-20(21-18)11-16(13-24)22-23;1-7-5-3-2-4-6-7/h2-13H,1H3;2-6H2,1H3. The summed E-state index contributed by atoms with van der Waals surface area (Å²) in [5, 5.41) is 4.34. The first-order chi connectivity index (χ1) is 15.7. The van der Waals surface area contributed by atoms with Crippen LogP contribution in [0.25, 0.3) is 28.2 Å². The number of aldehydes is 1. The second-order valence-corrected chi connectivity index (χ2v) is 7.94. The zero-order valence-electron chi connectivity index (χ0n) is 18.6. The van der Waals surface area contributed by atoms with E-state index in [1.54, 1.807) is 17.7 Å². The lowest BCUT2D eigenvalue weighted by Gasteiger charge is -2.20. The largest absolute Gasteiger partial charge is 0.497 e. The molecule has 6 heteroatoms. The van der Waals surface area contributed by atoms with Crippen molar-refractivity contribution in [3.63, 3.8) is 0 Å². The number of rotatable bonds is 4. The van der Waals surface area contributed by atoms with Crippen LogP contribution in [0.4, 0.5) is 0 Å². The Kier molecular flexibility index (Phi) is 6.92. The van der Waals surface area contributed by atoms with Gasteiger partial charge in [0, 0.05) is 17.2 Å². The number of piperidine rings is 1. The molecule has 0 spiro atoms. The van der Waals surface area contributed by atoms with Gasteiger partial charge in [-0.05, 0) is 63.3 Å². The van der Waals surface area contributed by atoms with Gasteiger partial charge in [-0.25, -0.2) is 9.50 Å². The van der Waals surface area contributed by atoms with Gasteiger partial charge in [0.1, 0.15) is 11.4 Å².